The third kappa shape index (κ3) is 2.83. The van der Waals surface area contributed by atoms with Gasteiger partial charge in [0.1, 0.15) is 27.2 Å². The highest BCUT2D eigenvalue weighted by atomic mass is 32.1. The van der Waals surface area contributed by atoms with E-state index in [0.717, 1.165) is 18.5 Å². The summed E-state index contributed by atoms with van der Waals surface area (Å²) >= 11 is 1.19. The topological polar surface area (TPSA) is 91.8 Å². The molecular weight excluding hydrogens is 344 g/mol. The number of hydrogen-bond donors (Lipinski definition) is 2. The Kier molecular flexibility index (Phi) is 4.15. The lowest BCUT2D eigenvalue weighted by Crippen LogP contribution is -2.04. The number of aryl methyl sites for hydroxylation is 2. The van der Waals surface area contributed by atoms with Gasteiger partial charge in [-0.1, -0.05) is 12.1 Å². The molecule has 0 fully saturated rings. The first-order valence-electron chi connectivity index (χ1n) is 8.34. The van der Waals surface area contributed by atoms with Crippen LogP contribution in [0.1, 0.15) is 38.5 Å². The summed E-state index contributed by atoms with van der Waals surface area (Å²) in [5.41, 5.74) is 10.5. The van der Waals surface area contributed by atoms with Gasteiger partial charge >= 0.3 is 0 Å². The Morgan fingerprint density at radius 2 is 2.08 bits per heavy atom. The summed E-state index contributed by atoms with van der Waals surface area (Å²) in [6, 6.07) is 13.5. The number of nitrogens with two attached hydrogens (primary N) is 1. The first-order valence-corrected chi connectivity index (χ1v) is 9.16. The van der Waals surface area contributed by atoms with Gasteiger partial charge in [-0.05, 0) is 54.7 Å². The van der Waals surface area contributed by atoms with Crippen molar-refractivity contribution in [3.05, 3.63) is 69.9 Å². The molecule has 1 aliphatic rings. The van der Waals surface area contributed by atoms with Crippen LogP contribution in [0.4, 0.5) is 16.4 Å². The molecule has 26 heavy (non-hydrogen) atoms. The van der Waals surface area contributed by atoms with Crippen molar-refractivity contribution in [3.63, 3.8) is 0 Å². The van der Waals surface area contributed by atoms with Gasteiger partial charge in [0.2, 0.25) is 5.78 Å². The number of nitrogens with zero attached hydrogens (tertiary/aromatic N) is 2. The fourth-order valence-electron chi connectivity index (χ4n) is 3.21. The first-order chi connectivity index (χ1) is 12.7. The maximum atomic E-state index is 12.7. The summed E-state index contributed by atoms with van der Waals surface area (Å²) in [6.07, 6.45) is 4.93. The quantitative estimate of drug-likeness (QED) is 0.685. The van der Waals surface area contributed by atoms with Gasteiger partial charge in [-0.2, -0.15) is 5.26 Å². The molecule has 3 N–H and O–H groups in total. The summed E-state index contributed by atoms with van der Waals surface area (Å²) < 4.78 is 0. The minimum absolute atomic E-state index is 0.205. The number of hydrogen-bond acceptors (Lipinski definition) is 6. The third-order valence-corrected chi connectivity index (χ3v) is 5.64. The van der Waals surface area contributed by atoms with E-state index in [9.17, 15) is 10.1 Å². The molecule has 6 heteroatoms. The van der Waals surface area contributed by atoms with E-state index in [1.54, 1.807) is 24.4 Å². The number of nitrogens with one attached hydrogen (secondary N) is 1. The van der Waals surface area contributed by atoms with Crippen molar-refractivity contribution in [2.24, 2.45) is 0 Å². The lowest BCUT2D eigenvalue weighted by Gasteiger charge is -2.07. The number of ketones is 1. The van der Waals surface area contributed by atoms with Gasteiger partial charge < -0.3 is 11.1 Å². The van der Waals surface area contributed by atoms with Crippen LogP contribution in [0.25, 0.3) is 0 Å². The van der Waals surface area contributed by atoms with E-state index in [0.29, 0.717) is 21.1 Å². The standard InChI is InChI=1S/C20H16N4OS/c21-11-15-17(22)19(18(25)16-6-1-2-9-23-16)26-20(15)24-14-8-7-12-4-3-5-13(12)10-14/h1-2,6-10,24H,3-5,22H2. The molecule has 3 aromatic rings. The van der Waals surface area contributed by atoms with E-state index in [2.05, 4.69) is 28.5 Å². The van der Waals surface area contributed by atoms with Crippen LogP contribution in [0, 0.1) is 11.3 Å². The average Bonchev–Trinajstić information content (AvgIpc) is 3.25. The molecule has 2 heterocycles. The molecule has 0 radical (unpaired) electrons. The van der Waals surface area contributed by atoms with Crippen LogP contribution >= 0.6 is 11.3 Å². The Balaban J connectivity index is 1.69. The number of carbonyl (C=O) groups is 1. The molecule has 0 amide bonds. The molecule has 5 nitrogen and oxygen atoms in total. The minimum atomic E-state index is -0.272. The molecule has 0 spiro atoms. The number of carbonyl (C=O) groups excluding carboxylic acids is 1. The maximum Gasteiger partial charge on any atom is 0.223 e. The molecular formula is C20H16N4OS. The van der Waals surface area contributed by atoms with Crippen LogP contribution < -0.4 is 11.1 Å². The summed E-state index contributed by atoms with van der Waals surface area (Å²) in [4.78, 5) is 17.1. The van der Waals surface area contributed by atoms with Crippen LogP contribution in [0.3, 0.4) is 0 Å². The van der Waals surface area contributed by atoms with E-state index in [1.165, 1.54) is 28.9 Å². The molecule has 1 aliphatic carbocycles. The minimum Gasteiger partial charge on any atom is -0.396 e. The molecule has 0 saturated heterocycles. The van der Waals surface area contributed by atoms with Crippen LogP contribution in [-0.4, -0.2) is 10.8 Å². The van der Waals surface area contributed by atoms with E-state index in [4.69, 9.17) is 5.73 Å². The van der Waals surface area contributed by atoms with Crippen molar-refractivity contribution in [1.29, 1.82) is 5.26 Å². The van der Waals surface area contributed by atoms with Gasteiger partial charge in [0, 0.05) is 11.9 Å². The highest BCUT2D eigenvalue weighted by molar-refractivity contribution is 7.19. The summed E-state index contributed by atoms with van der Waals surface area (Å²) in [5.74, 6) is -0.272. The number of pyridine rings is 1. The van der Waals surface area contributed by atoms with Crippen LogP contribution in [0.2, 0.25) is 0 Å². The molecule has 0 saturated carbocycles. The van der Waals surface area contributed by atoms with Crippen molar-refractivity contribution in [1.82, 2.24) is 4.98 Å². The second-order valence-corrected chi connectivity index (χ2v) is 7.19. The second-order valence-electron chi connectivity index (χ2n) is 6.17. The van der Waals surface area contributed by atoms with Crippen LogP contribution in [0.5, 0.6) is 0 Å². The smallest absolute Gasteiger partial charge is 0.223 e. The van der Waals surface area contributed by atoms with Gasteiger partial charge in [-0.15, -0.1) is 11.3 Å². The number of thiophene rings is 1. The van der Waals surface area contributed by atoms with E-state index < -0.39 is 0 Å². The summed E-state index contributed by atoms with van der Waals surface area (Å²) in [7, 11) is 0. The van der Waals surface area contributed by atoms with Crippen molar-refractivity contribution >= 4 is 33.5 Å². The van der Waals surface area contributed by atoms with Crippen molar-refractivity contribution in [2.45, 2.75) is 19.3 Å². The number of fused-ring (bicyclic) bond motifs is 1. The number of rotatable bonds is 4. The molecule has 0 bridgehead atoms. The zero-order chi connectivity index (χ0) is 18.1. The van der Waals surface area contributed by atoms with Crippen LogP contribution in [-0.2, 0) is 12.8 Å². The number of benzene rings is 1. The van der Waals surface area contributed by atoms with Gasteiger partial charge in [0.15, 0.2) is 0 Å². The Morgan fingerprint density at radius 3 is 2.85 bits per heavy atom. The monoisotopic (exact) mass is 360 g/mol. The molecule has 0 aliphatic heterocycles. The number of nitriles is 1. The van der Waals surface area contributed by atoms with Gasteiger partial charge in [0.05, 0.1) is 5.69 Å². The molecule has 128 valence electrons. The van der Waals surface area contributed by atoms with Crippen molar-refractivity contribution in [3.8, 4) is 6.07 Å². The molecule has 4 rings (SSSR count). The van der Waals surface area contributed by atoms with Crippen molar-refractivity contribution < 1.29 is 4.79 Å². The normalized spacial score (nSPS) is 12.4. The predicted molar refractivity (Wildman–Crippen MR) is 103 cm³/mol. The first kappa shape index (κ1) is 16.3. The Bertz CT molecular complexity index is 1030. The maximum absolute atomic E-state index is 12.7. The fourth-order valence-corrected chi connectivity index (χ4v) is 4.25. The molecule has 2 aromatic heterocycles. The van der Waals surface area contributed by atoms with Crippen LogP contribution in [0.15, 0.2) is 42.6 Å². The lowest BCUT2D eigenvalue weighted by atomic mass is 10.1. The highest BCUT2D eigenvalue weighted by Gasteiger charge is 2.23. The fraction of sp³-hybridized carbons (Fsp3) is 0.150. The number of anilines is 3. The summed E-state index contributed by atoms with van der Waals surface area (Å²) in [5, 5.41) is 13.4. The van der Waals surface area contributed by atoms with E-state index >= 15 is 0 Å². The highest BCUT2D eigenvalue weighted by Crippen LogP contribution is 2.38. The zero-order valence-corrected chi connectivity index (χ0v) is 14.8. The van der Waals surface area contributed by atoms with Gasteiger partial charge in [-0.25, -0.2) is 0 Å². The molecule has 1 aromatic carbocycles. The zero-order valence-electron chi connectivity index (χ0n) is 14.0. The second kappa shape index (κ2) is 6.62. The predicted octanol–water partition coefficient (Wildman–Crippen LogP) is 4.06. The van der Waals surface area contributed by atoms with Crippen molar-refractivity contribution in [2.75, 3.05) is 11.1 Å². The largest absolute Gasteiger partial charge is 0.396 e. The summed E-state index contributed by atoms with van der Waals surface area (Å²) in [6.45, 7) is 0. The Morgan fingerprint density at radius 1 is 1.23 bits per heavy atom. The number of aromatic nitrogens is 1. The van der Waals surface area contributed by atoms with Gasteiger partial charge in [0.25, 0.3) is 0 Å². The molecule has 0 unspecified atom stereocenters. The Labute approximate surface area is 155 Å². The third-order valence-electron chi connectivity index (χ3n) is 4.52. The Hall–Kier alpha value is -3.17. The average molecular weight is 360 g/mol. The SMILES string of the molecule is N#Cc1c(Nc2ccc3c(c2)CCC3)sc(C(=O)c2ccccn2)c1N. The molecule has 0 atom stereocenters. The van der Waals surface area contributed by atoms with E-state index in [-0.39, 0.29) is 11.5 Å². The van der Waals surface area contributed by atoms with E-state index in [1.807, 2.05) is 6.07 Å². The number of nitrogen functional groups attached to an aromatic ring is 1. The van der Waals surface area contributed by atoms with Gasteiger partial charge in [-0.3, -0.25) is 9.78 Å². The lowest BCUT2D eigenvalue weighted by molar-refractivity contribution is 0.103.